The third-order valence-electron chi connectivity index (χ3n) is 4.69. The quantitative estimate of drug-likeness (QED) is 0.784. The maximum Gasteiger partial charge on any atom is 0.115 e. The Labute approximate surface area is 153 Å². The highest BCUT2D eigenvalue weighted by atomic mass is 79.9. The monoisotopic (exact) mass is 410 g/mol. The van der Waals surface area contributed by atoms with Crippen molar-refractivity contribution in [2.75, 3.05) is 26.2 Å². The number of hydrogen-bond donors (Lipinski definition) is 2. The number of nitrogens with zero attached hydrogens (tertiary/aromatic N) is 1. The Balaban J connectivity index is 0.00000121. The lowest BCUT2D eigenvalue weighted by Gasteiger charge is -2.39. The van der Waals surface area contributed by atoms with Gasteiger partial charge in [-0.05, 0) is 42.5 Å². The summed E-state index contributed by atoms with van der Waals surface area (Å²) in [7, 11) is 0. The molecule has 0 spiro atoms. The molecule has 2 fully saturated rings. The minimum Gasteiger partial charge on any atom is -0.508 e. The summed E-state index contributed by atoms with van der Waals surface area (Å²) in [5.41, 5.74) is 1.26. The average molecular weight is 412 g/mol. The lowest BCUT2D eigenvalue weighted by atomic mass is 9.89. The number of piperazine rings is 1. The van der Waals surface area contributed by atoms with Gasteiger partial charge in [-0.1, -0.05) is 28.8 Å². The predicted octanol–water partition coefficient (Wildman–Crippen LogP) is 4.13. The van der Waals surface area contributed by atoms with Crippen LogP contribution in [0.4, 0.5) is 0 Å². The standard InChI is InChI=1S/C16H23BrN2O.2ClH/c17-15-6-5-13(20)11-14(15)16(12-3-1-2-4-12)19-9-7-18-8-10-19;;/h5-6,11-12,16,18,20H,1-4,7-10H2;2*1H/t16-;;/m1../s1. The molecule has 1 saturated heterocycles. The molecule has 2 aliphatic rings. The lowest BCUT2D eigenvalue weighted by Crippen LogP contribution is -2.46. The van der Waals surface area contributed by atoms with Crippen LogP contribution in [0.15, 0.2) is 22.7 Å². The lowest BCUT2D eigenvalue weighted by molar-refractivity contribution is 0.125. The molecule has 126 valence electrons. The Morgan fingerprint density at radius 1 is 1.14 bits per heavy atom. The van der Waals surface area contributed by atoms with Crippen LogP contribution in [0.2, 0.25) is 0 Å². The first kappa shape index (κ1) is 20.0. The van der Waals surface area contributed by atoms with Crippen LogP contribution in [0.3, 0.4) is 0 Å². The van der Waals surface area contributed by atoms with Gasteiger partial charge in [0.05, 0.1) is 0 Å². The van der Waals surface area contributed by atoms with Gasteiger partial charge in [-0.2, -0.15) is 0 Å². The molecule has 2 N–H and O–H groups in total. The first-order valence-electron chi connectivity index (χ1n) is 7.69. The van der Waals surface area contributed by atoms with Crippen LogP contribution in [-0.2, 0) is 0 Å². The minimum atomic E-state index is 0. The first-order chi connectivity index (χ1) is 9.75. The van der Waals surface area contributed by atoms with Crippen LogP contribution >= 0.6 is 40.7 Å². The predicted molar refractivity (Wildman–Crippen MR) is 99.4 cm³/mol. The Bertz CT molecular complexity index is 463. The molecule has 0 aromatic heterocycles. The zero-order valence-corrected chi connectivity index (χ0v) is 15.9. The summed E-state index contributed by atoms with van der Waals surface area (Å²) in [6, 6.07) is 6.14. The molecule has 0 bridgehead atoms. The number of benzene rings is 1. The number of halogens is 3. The topological polar surface area (TPSA) is 35.5 Å². The third-order valence-corrected chi connectivity index (χ3v) is 5.41. The maximum absolute atomic E-state index is 9.88. The zero-order valence-electron chi connectivity index (χ0n) is 12.6. The molecule has 1 saturated carbocycles. The normalized spacial score (nSPS) is 21.0. The van der Waals surface area contributed by atoms with Gasteiger partial charge in [-0.25, -0.2) is 0 Å². The molecule has 1 aromatic rings. The average Bonchev–Trinajstić information content (AvgIpc) is 2.98. The van der Waals surface area contributed by atoms with E-state index in [-0.39, 0.29) is 24.8 Å². The molecule has 0 radical (unpaired) electrons. The second-order valence-corrected chi connectivity index (χ2v) is 6.84. The van der Waals surface area contributed by atoms with E-state index >= 15 is 0 Å². The van der Waals surface area contributed by atoms with Crippen molar-refractivity contribution in [1.82, 2.24) is 10.2 Å². The smallest absolute Gasteiger partial charge is 0.115 e. The summed E-state index contributed by atoms with van der Waals surface area (Å²) in [5.74, 6) is 1.10. The Morgan fingerprint density at radius 3 is 2.41 bits per heavy atom. The first-order valence-corrected chi connectivity index (χ1v) is 8.48. The molecule has 0 amide bonds. The second-order valence-electron chi connectivity index (χ2n) is 5.98. The van der Waals surface area contributed by atoms with Crippen LogP contribution in [0, 0.1) is 5.92 Å². The molecule has 3 rings (SSSR count). The van der Waals surface area contributed by atoms with E-state index in [9.17, 15) is 5.11 Å². The van der Waals surface area contributed by atoms with E-state index in [2.05, 4.69) is 26.1 Å². The molecule has 1 aliphatic heterocycles. The molecular weight excluding hydrogens is 387 g/mol. The number of aromatic hydroxyl groups is 1. The molecule has 1 atom stereocenters. The summed E-state index contributed by atoms with van der Waals surface area (Å²) in [6.45, 7) is 4.34. The van der Waals surface area contributed by atoms with Gasteiger partial charge in [0.1, 0.15) is 5.75 Å². The van der Waals surface area contributed by atoms with Crippen molar-refractivity contribution in [3.63, 3.8) is 0 Å². The van der Waals surface area contributed by atoms with E-state index in [1.165, 1.54) is 31.2 Å². The van der Waals surface area contributed by atoms with E-state index in [0.717, 1.165) is 36.6 Å². The molecule has 3 nitrogen and oxygen atoms in total. The number of hydrogen-bond acceptors (Lipinski definition) is 3. The SMILES string of the molecule is Cl.Cl.Oc1ccc(Br)c([C@@H](C2CCCC2)N2CCNCC2)c1. The van der Waals surface area contributed by atoms with Crippen molar-refractivity contribution in [1.29, 1.82) is 0 Å². The van der Waals surface area contributed by atoms with Gasteiger partial charge in [0.2, 0.25) is 0 Å². The molecule has 1 aliphatic carbocycles. The van der Waals surface area contributed by atoms with Gasteiger partial charge in [0, 0.05) is 36.7 Å². The van der Waals surface area contributed by atoms with E-state index in [0.29, 0.717) is 11.8 Å². The highest BCUT2D eigenvalue weighted by molar-refractivity contribution is 9.10. The van der Waals surface area contributed by atoms with Gasteiger partial charge >= 0.3 is 0 Å². The summed E-state index contributed by atoms with van der Waals surface area (Å²) >= 11 is 3.69. The van der Waals surface area contributed by atoms with Gasteiger partial charge in [-0.15, -0.1) is 24.8 Å². The summed E-state index contributed by atoms with van der Waals surface area (Å²) in [5, 5.41) is 13.3. The minimum absolute atomic E-state index is 0. The van der Waals surface area contributed by atoms with Crippen molar-refractivity contribution in [3.05, 3.63) is 28.2 Å². The van der Waals surface area contributed by atoms with Crippen molar-refractivity contribution < 1.29 is 5.11 Å². The Morgan fingerprint density at radius 2 is 1.77 bits per heavy atom. The summed E-state index contributed by atoms with van der Waals surface area (Å²) < 4.78 is 1.13. The molecule has 1 heterocycles. The maximum atomic E-state index is 9.88. The zero-order chi connectivity index (χ0) is 13.9. The molecule has 6 heteroatoms. The van der Waals surface area contributed by atoms with Crippen molar-refractivity contribution >= 4 is 40.7 Å². The van der Waals surface area contributed by atoms with Gasteiger partial charge in [-0.3, -0.25) is 4.90 Å². The van der Waals surface area contributed by atoms with Crippen LogP contribution in [0.25, 0.3) is 0 Å². The van der Waals surface area contributed by atoms with Crippen molar-refractivity contribution in [3.8, 4) is 5.75 Å². The second kappa shape index (κ2) is 9.33. The van der Waals surface area contributed by atoms with E-state index in [1.54, 1.807) is 6.07 Å². The van der Waals surface area contributed by atoms with Crippen molar-refractivity contribution in [2.24, 2.45) is 5.92 Å². The summed E-state index contributed by atoms with van der Waals surface area (Å²) in [4.78, 5) is 2.60. The Hall–Kier alpha value is -0.000000000000000111. The van der Waals surface area contributed by atoms with Crippen molar-refractivity contribution in [2.45, 2.75) is 31.7 Å². The highest BCUT2D eigenvalue weighted by Gasteiger charge is 2.33. The summed E-state index contributed by atoms with van der Waals surface area (Å²) in [6.07, 6.45) is 5.33. The van der Waals surface area contributed by atoms with Gasteiger partial charge in [0.25, 0.3) is 0 Å². The van der Waals surface area contributed by atoms with Gasteiger partial charge < -0.3 is 10.4 Å². The van der Waals surface area contributed by atoms with E-state index < -0.39 is 0 Å². The van der Waals surface area contributed by atoms with E-state index in [4.69, 9.17) is 0 Å². The molecule has 22 heavy (non-hydrogen) atoms. The highest BCUT2D eigenvalue weighted by Crippen LogP contribution is 2.42. The largest absolute Gasteiger partial charge is 0.508 e. The fourth-order valence-electron chi connectivity index (χ4n) is 3.74. The van der Waals surface area contributed by atoms with Crippen LogP contribution in [-0.4, -0.2) is 36.2 Å². The van der Waals surface area contributed by atoms with Crippen LogP contribution in [0.1, 0.15) is 37.3 Å². The fourth-order valence-corrected chi connectivity index (χ4v) is 4.22. The fraction of sp³-hybridized carbons (Fsp3) is 0.625. The molecular formula is C16H25BrCl2N2O. The number of phenolic OH excluding ortho intramolecular Hbond substituents is 1. The number of rotatable bonds is 3. The molecule has 0 unspecified atom stereocenters. The van der Waals surface area contributed by atoms with E-state index in [1.807, 2.05) is 12.1 Å². The van der Waals surface area contributed by atoms with Crippen LogP contribution in [0.5, 0.6) is 5.75 Å². The Kier molecular flexibility index (Phi) is 8.50. The third kappa shape index (κ3) is 4.51. The van der Waals surface area contributed by atoms with Gasteiger partial charge in [0.15, 0.2) is 0 Å². The number of phenols is 1. The van der Waals surface area contributed by atoms with Crippen LogP contribution < -0.4 is 5.32 Å². The number of nitrogens with one attached hydrogen (secondary N) is 1. The molecule has 1 aromatic carbocycles.